The number of rotatable bonds is 5. The summed E-state index contributed by atoms with van der Waals surface area (Å²) in [6.07, 6.45) is 0. The lowest BCUT2D eigenvalue weighted by Gasteiger charge is -2.10. The topological polar surface area (TPSA) is 73.6 Å². The predicted octanol–water partition coefficient (Wildman–Crippen LogP) is 2.43. The third-order valence-corrected chi connectivity index (χ3v) is 2.71. The second-order valence-corrected chi connectivity index (χ2v) is 4.25. The molecule has 5 nitrogen and oxygen atoms in total. The van der Waals surface area contributed by atoms with E-state index in [1.165, 1.54) is 31.4 Å². The van der Waals surface area contributed by atoms with Gasteiger partial charge in [0.2, 0.25) is 0 Å². The maximum absolute atomic E-state index is 12.7. The molecule has 0 aliphatic carbocycles. The minimum absolute atomic E-state index is 0.214. The largest absolute Gasteiger partial charge is 0.497 e. The van der Waals surface area contributed by atoms with Gasteiger partial charge in [0.25, 0.3) is 5.91 Å². The van der Waals surface area contributed by atoms with Crippen molar-refractivity contribution < 1.29 is 18.7 Å². The Kier molecular flexibility index (Phi) is 4.61. The quantitative estimate of drug-likeness (QED) is 0.829. The van der Waals surface area contributed by atoms with E-state index >= 15 is 0 Å². The molecule has 6 heteroatoms. The molecule has 2 aromatic rings. The maximum atomic E-state index is 12.7. The maximum Gasteiger partial charge on any atom is 0.262 e. The van der Waals surface area contributed by atoms with Gasteiger partial charge in [-0.1, -0.05) is 0 Å². The van der Waals surface area contributed by atoms with Crippen LogP contribution >= 0.6 is 0 Å². The molecular formula is C15H15FN2O3. The Morgan fingerprint density at radius 3 is 2.62 bits per heavy atom. The third-order valence-electron chi connectivity index (χ3n) is 2.71. The van der Waals surface area contributed by atoms with E-state index < -0.39 is 0 Å². The highest BCUT2D eigenvalue weighted by Gasteiger charge is 2.07. The van der Waals surface area contributed by atoms with E-state index in [1.54, 1.807) is 18.2 Å². The van der Waals surface area contributed by atoms with Crippen LogP contribution < -0.4 is 20.5 Å². The van der Waals surface area contributed by atoms with E-state index in [4.69, 9.17) is 15.2 Å². The van der Waals surface area contributed by atoms with Crippen molar-refractivity contribution in [2.45, 2.75) is 0 Å². The number of methoxy groups -OCH3 is 1. The number of nitrogens with one attached hydrogen (secondary N) is 1. The third kappa shape index (κ3) is 4.10. The van der Waals surface area contributed by atoms with Crippen LogP contribution in [0.2, 0.25) is 0 Å². The van der Waals surface area contributed by atoms with Crippen LogP contribution in [-0.2, 0) is 4.79 Å². The highest BCUT2D eigenvalue weighted by molar-refractivity contribution is 5.91. The van der Waals surface area contributed by atoms with Crippen LogP contribution in [0, 0.1) is 5.82 Å². The number of hydrogen-bond donors (Lipinski definition) is 2. The molecule has 0 aromatic heterocycles. The smallest absolute Gasteiger partial charge is 0.262 e. The predicted molar refractivity (Wildman–Crippen MR) is 77.9 cm³/mol. The van der Waals surface area contributed by atoms with E-state index in [-0.39, 0.29) is 18.3 Å². The second-order valence-electron chi connectivity index (χ2n) is 4.25. The minimum atomic E-state index is -0.371. The average Bonchev–Trinajstić information content (AvgIpc) is 2.49. The Morgan fingerprint density at radius 1 is 1.24 bits per heavy atom. The van der Waals surface area contributed by atoms with Gasteiger partial charge in [0.05, 0.1) is 12.8 Å². The van der Waals surface area contributed by atoms with Crippen molar-refractivity contribution in [3.05, 3.63) is 48.3 Å². The van der Waals surface area contributed by atoms with E-state index in [0.717, 1.165) is 0 Å². The van der Waals surface area contributed by atoms with Crippen molar-refractivity contribution >= 4 is 17.3 Å². The molecule has 0 saturated heterocycles. The summed E-state index contributed by atoms with van der Waals surface area (Å²) in [7, 11) is 1.52. The fourth-order valence-corrected chi connectivity index (χ4v) is 1.64. The van der Waals surface area contributed by atoms with Crippen LogP contribution in [0.4, 0.5) is 15.8 Å². The molecule has 0 radical (unpaired) electrons. The number of amides is 1. The second kappa shape index (κ2) is 6.60. The molecule has 2 rings (SSSR count). The first kappa shape index (κ1) is 14.6. The Balaban J connectivity index is 1.93. The van der Waals surface area contributed by atoms with Crippen molar-refractivity contribution in [2.75, 3.05) is 24.8 Å². The van der Waals surface area contributed by atoms with Crippen LogP contribution in [0.25, 0.3) is 0 Å². The molecule has 0 aliphatic heterocycles. The van der Waals surface area contributed by atoms with Crippen molar-refractivity contribution in [1.82, 2.24) is 0 Å². The van der Waals surface area contributed by atoms with Gasteiger partial charge in [0, 0.05) is 11.8 Å². The van der Waals surface area contributed by atoms with Crippen molar-refractivity contribution in [1.29, 1.82) is 0 Å². The first-order chi connectivity index (χ1) is 10.1. The molecule has 1 amide bonds. The van der Waals surface area contributed by atoms with Crippen LogP contribution in [-0.4, -0.2) is 19.6 Å². The Labute approximate surface area is 121 Å². The van der Waals surface area contributed by atoms with Crippen LogP contribution in [0.5, 0.6) is 11.5 Å². The molecule has 3 N–H and O–H groups in total. The first-order valence-electron chi connectivity index (χ1n) is 6.20. The number of carbonyl (C=O) groups is 1. The average molecular weight is 290 g/mol. The monoisotopic (exact) mass is 290 g/mol. The van der Waals surface area contributed by atoms with Gasteiger partial charge in [-0.2, -0.15) is 0 Å². The summed E-state index contributed by atoms with van der Waals surface area (Å²) in [6.45, 7) is -0.214. The molecule has 110 valence electrons. The summed E-state index contributed by atoms with van der Waals surface area (Å²) in [6, 6.07) is 10.4. The van der Waals surface area contributed by atoms with Gasteiger partial charge in [-0.3, -0.25) is 4.79 Å². The van der Waals surface area contributed by atoms with E-state index in [2.05, 4.69) is 5.32 Å². The van der Waals surface area contributed by atoms with E-state index in [1.807, 2.05) is 0 Å². The number of ether oxygens (including phenoxy) is 2. The summed E-state index contributed by atoms with van der Waals surface area (Å²) in [5, 5.41) is 2.58. The summed E-state index contributed by atoms with van der Waals surface area (Å²) in [4.78, 5) is 11.7. The number of nitrogen functional groups attached to an aromatic ring is 1. The molecule has 0 fully saturated rings. The highest BCUT2D eigenvalue weighted by Crippen LogP contribution is 2.26. The molecular weight excluding hydrogens is 275 g/mol. The molecule has 0 spiro atoms. The zero-order valence-corrected chi connectivity index (χ0v) is 11.4. The van der Waals surface area contributed by atoms with E-state index in [0.29, 0.717) is 22.9 Å². The molecule has 21 heavy (non-hydrogen) atoms. The summed E-state index contributed by atoms with van der Waals surface area (Å²) < 4.78 is 23.1. The number of benzene rings is 2. The molecule has 0 heterocycles. The standard InChI is InChI=1S/C15H15FN2O3/c1-20-12-6-7-13(17)14(8-12)21-9-15(19)18-11-4-2-10(16)3-5-11/h2-8H,9,17H2,1H3,(H,18,19). The van der Waals surface area contributed by atoms with Gasteiger partial charge in [-0.05, 0) is 36.4 Å². The molecule has 0 saturated carbocycles. The fourth-order valence-electron chi connectivity index (χ4n) is 1.64. The van der Waals surface area contributed by atoms with Gasteiger partial charge in [-0.15, -0.1) is 0 Å². The summed E-state index contributed by atoms with van der Waals surface area (Å²) >= 11 is 0. The summed E-state index contributed by atoms with van der Waals surface area (Å²) in [5.74, 6) is 0.207. The summed E-state index contributed by atoms with van der Waals surface area (Å²) in [5.41, 5.74) is 6.64. The van der Waals surface area contributed by atoms with Crippen LogP contribution in [0.1, 0.15) is 0 Å². The fraction of sp³-hybridized carbons (Fsp3) is 0.133. The molecule has 0 aliphatic rings. The SMILES string of the molecule is COc1ccc(N)c(OCC(=O)Nc2ccc(F)cc2)c1. The zero-order chi connectivity index (χ0) is 15.2. The van der Waals surface area contributed by atoms with Gasteiger partial charge < -0.3 is 20.5 Å². The van der Waals surface area contributed by atoms with Crippen LogP contribution in [0.3, 0.4) is 0 Å². The molecule has 0 unspecified atom stereocenters. The number of halogens is 1. The minimum Gasteiger partial charge on any atom is -0.497 e. The van der Waals surface area contributed by atoms with E-state index in [9.17, 15) is 9.18 Å². The normalized spacial score (nSPS) is 10.0. The van der Waals surface area contributed by atoms with Gasteiger partial charge in [0.1, 0.15) is 17.3 Å². The van der Waals surface area contributed by atoms with Crippen molar-refractivity contribution in [3.8, 4) is 11.5 Å². The molecule has 2 aromatic carbocycles. The van der Waals surface area contributed by atoms with Gasteiger partial charge >= 0.3 is 0 Å². The first-order valence-corrected chi connectivity index (χ1v) is 6.20. The number of hydrogen-bond acceptors (Lipinski definition) is 4. The Bertz CT molecular complexity index is 629. The molecule has 0 bridgehead atoms. The Morgan fingerprint density at radius 2 is 1.95 bits per heavy atom. The number of carbonyl (C=O) groups excluding carboxylic acids is 1. The highest BCUT2D eigenvalue weighted by atomic mass is 19.1. The number of anilines is 2. The van der Waals surface area contributed by atoms with Crippen molar-refractivity contribution in [3.63, 3.8) is 0 Å². The lowest BCUT2D eigenvalue weighted by Crippen LogP contribution is -2.20. The molecule has 0 atom stereocenters. The van der Waals surface area contributed by atoms with Gasteiger partial charge in [0.15, 0.2) is 6.61 Å². The zero-order valence-electron chi connectivity index (χ0n) is 11.4. The lowest BCUT2D eigenvalue weighted by molar-refractivity contribution is -0.118. The van der Waals surface area contributed by atoms with Gasteiger partial charge in [-0.25, -0.2) is 4.39 Å². The van der Waals surface area contributed by atoms with Crippen molar-refractivity contribution in [2.24, 2.45) is 0 Å². The number of nitrogens with two attached hydrogens (primary N) is 1. The lowest BCUT2D eigenvalue weighted by atomic mass is 10.3. The Hall–Kier alpha value is -2.76. The van der Waals surface area contributed by atoms with Crippen LogP contribution in [0.15, 0.2) is 42.5 Å².